The highest BCUT2D eigenvalue weighted by Gasteiger charge is 2.19. The summed E-state index contributed by atoms with van der Waals surface area (Å²) in [6, 6.07) is 10.4. The molecule has 2 aromatic carbocycles. The van der Waals surface area contributed by atoms with E-state index in [9.17, 15) is 4.79 Å². The van der Waals surface area contributed by atoms with E-state index in [1.807, 2.05) is 6.07 Å². The molecule has 9 heteroatoms. The average molecular weight is 384 g/mol. The number of anilines is 2. The van der Waals surface area contributed by atoms with Crippen LogP contribution in [0, 0.1) is 0 Å². The SMILES string of the molecule is COc1cc(Nc2nc3ccccc3nc2C(N)=O)c(OCCO)c(OC)c1. The molecule has 9 nitrogen and oxygen atoms in total. The van der Waals surface area contributed by atoms with E-state index in [0.717, 1.165) is 0 Å². The lowest BCUT2D eigenvalue weighted by molar-refractivity contribution is 0.0996. The molecular weight excluding hydrogens is 364 g/mol. The second-order valence-corrected chi connectivity index (χ2v) is 5.68. The number of carbonyl (C=O) groups is 1. The van der Waals surface area contributed by atoms with Crippen LogP contribution >= 0.6 is 0 Å². The van der Waals surface area contributed by atoms with Gasteiger partial charge in [-0.25, -0.2) is 9.97 Å². The predicted molar refractivity (Wildman–Crippen MR) is 103 cm³/mol. The molecule has 3 aromatic rings. The number of hydrogen-bond acceptors (Lipinski definition) is 8. The van der Waals surface area contributed by atoms with Crippen LogP contribution in [0.2, 0.25) is 0 Å². The van der Waals surface area contributed by atoms with E-state index in [1.165, 1.54) is 14.2 Å². The quantitative estimate of drug-likeness (QED) is 0.537. The first-order valence-electron chi connectivity index (χ1n) is 8.40. The van der Waals surface area contributed by atoms with Gasteiger partial charge in [0.2, 0.25) is 0 Å². The normalized spacial score (nSPS) is 10.5. The molecule has 0 spiro atoms. The van der Waals surface area contributed by atoms with Crippen LogP contribution in [0.4, 0.5) is 11.5 Å². The fourth-order valence-electron chi connectivity index (χ4n) is 2.62. The maximum atomic E-state index is 11.9. The van der Waals surface area contributed by atoms with Gasteiger partial charge in [0.05, 0.1) is 37.5 Å². The maximum absolute atomic E-state index is 11.9. The number of hydrogen-bond donors (Lipinski definition) is 3. The third kappa shape index (κ3) is 3.89. The molecule has 1 amide bonds. The number of aliphatic hydroxyl groups excluding tert-OH is 1. The van der Waals surface area contributed by atoms with E-state index < -0.39 is 5.91 Å². The minimum absolute atomic E-state index is 0.0198. The molecule has 0 bridgehead atoms. The van der Waals surface area contributed by atoms with Gasteiger partial charge >= 0.3 is 0 Å². The molecule has 0 radical (unpaired) electrons. The van der Waals surface area contributed by atoms with Crippen LogP contribution in [0.15, 0.2) is 36.4 Å². The van der Waals surface area contributed by atoms with E-state index in [2.05, 4.69) is 15.3 Å². The number of aromatic nitrogens is 2. The Labute approximate surface area is 161 Å². The highest BCUT2D eigenvalue weighted by molar-refractivity contribution is 5.98. The van der Waals surface area contributed by atoms with Crippen LogP contribution in [0.5, 0.6) is 17.2 Å². The molecule has 0 fully saturated rings. The third-order valence-corrected chi connectivity index (χ3v) is 3.88. The van der Waals surface area contributed by atoms with Gasteiger partial charge in [-0.2, -0.15) is 0 Å². The second kappa shape index (κ2) is 8.40. The number of methoxy groups -OCH3 is 2. The molecule has 0 aliphatic carbocycles. The summed E-state index contributed by atoms with van der Waals surface area (Å²) in [6.07, 6.45) is 0. The zero-order chi connectivity index (χ0) is 20.1. The van der Waals surface area contributed by atoms with Crippen molar-refractivity contribution >= 4 is 28.4 Å². The fourth-order valence-corrected chi connectivity index (χ4v) is 2.62. The number of benzene rings is 2. The zero-order valence-electron chi connectivity index (χ0n) is 15.4. The Morgan fingerprint density at radius 3 is 2.46 bits per heavy atom. The van der Waals surface area contributed by atoms with E-state index >= 15 is 0 Å². The highest BCUT2D eigenvalue weighted by Crippen LogP contribution is 2.41. The summed E-state index contributed by atoms with van der Waals surface area (Å²) in [5.41, 5.74) is 7.02. The third-order valence-electron chi connectivity index (χ3n) is 3.88. The fraction of sp³-hybridized carbons (Fsp3) is 0.211. The predicted octanol–water partition coefficient (Wildman–Crippen LogP) is 1.86. The van der Waals surface area contributed by atoms with Crippen molar-refractivity contribution in [1.29, 1.82) is 0 Å². The topological polar surface area (TPSA) is 129 Å². The molecule has 0 aliphatic rings. The van der Waals surface area contributed by atoms with Crippen LogP contribution in [0.25, 0.3) is 11.0 Å². The Hall–Kier alpha value is -3.59. The Kier molecular flexibility index (Phi) is 5.75. The first kappa shape index (κ1) is 19.2. The molecule has 0 atom stereocenters. The van der Waals surface area contributed by atoms with Gasteiger partial charge in [-0.1, -0.05) is 12.1 Å². The van der Waals surface area contributed by atoms with Crippen LogP contribution in [0.3, 0.4) is 0 Å². The van der Waals surface area contributed by atoms with Gasteiger partial charge in [0.1, 0.15) is 12.4 Å². The van der Waals surface area contributed by atoms with Crippen LogP contribution in [-0.2, 0) is 0 Å². The van der Waals surface area contributed by atoms with Gasteiger partial charge in [-0.15, -0.1) is 0 Å². The van der Waals surface area contributed by atoms with Gasteiger partial charge in [0.25, 0.3) is 5.91 Å². The number of para-hydroxylation sites is 2. The summed E-state index contributed by atoms with van der Waals surface area (Å²) in [5, 5.41) is 12.1. The first-order chi connectivity index (χ1) is 13.6. The average Bonchev–Trinajstić information content (AvgIpc) is 2.71. The van der Waals surface area contributed by atoms with Crippen molar-refractivity contribution in [2.45, 2.75) is 0 Å². The van der Waals surface area contributed by atoms with Crippen LogP contribution in [-0.4, -0.2) is 48.4 Å². The number of nitrogens with zero attached hydrogens (tertiary/aromatic N) is 2. The molecule has 4 N–H and O–H groups in total. The number of nitrogens with two attached hydrogens (primary N) is 1. The molecular formula is C19H20N4O5. The highest BCUT2D eigenvalue weighted by atomic mass is 16.5. The van der Waals surface area contributed by atoms with Crippen molar-refractivity contribution in [3.05, 3.63) is 42.1 Å². The molecule has 1 aromatic heterocycles. The Balaban J connectivity index is 2.14. The zero-order valence-corrected chi connectivity index (χ0v) is 15.4. The lowest BCUT2D eigenvalue weighted by atomic mass is 10.2. The van der Waals surface area contributed by atoms with Gasteiger partial charge in [-0.05, 0) is 12.1 Å². The standard InChI is InChI=1S/C19H20N4O5/c1-26-11-9-14(17(28-8-7-24)15(10-11)27-2)23-19-16(18(20)25)21-12-5-3-4-6-13(12)22-19/h3-6,9-10,24H,7-8H2,1-2H3,(H2,20,25)(H,22,23). The minimum atomic E-state index is -0.728. The summed E-state index contributed by atoms with van der Waals surface area (Å²) in [4.78, 5) is 20.7. The van der Waals surface area contributed by atoms with Gasteiger partial charge in [-0.3, -0.25) is 4.79 Å². The molecule has 0 unspecified atom stereocenters. The Morgan fingerprint density at radius 1 is 1.14 bits per heavy atom. The summed E-state index contributed by atoms with van der Waals surface area (Å²) in [6.45, 7) is -0.139. The van der Waals surface area contributed by atoms with Crippen molar-refractivity contribution < 1.29 is 24.1 Å². The van der Waals surface area contributed by atoms with Crippen molar-refractivity contribution in [3.8, 4) is 17.2 Å². The van der Waals surface area contributed by atoms with Crippen molar-refractivity contribution in [3.63, 3.8) is 0 Å². The monoisotopic (exact) mass is 384 g/mol. The van der Waals surface area contributed by atoms with Gasteiger partial charge < -0.3 is 30.4 Å². The molecule has 3 rings (SSSR count). The van der Waals surface area contributed by atoms with E-state index in [-0.39, 0.29) is 24.7 Å². The summed E-state index contributed by atoms with van der Waals surface area (Å²) < 4.78 is 16.3. The molecule has 146 valence electrons. The Morgan fingerprint density at radius 2 is 1.86 bits per heavy atom. The minimum Gasteiger partial charge on any atom is -0.497 e. The second-order valence-electron chi connectivity index (χ2n) is 5.68. The van der Waals surface area contributed by atoms with E-state index in [4.69, 9.17) is 25.1 Å². The summed E-state index contributed by atoms with van der Waals surface area (Å²) in [7, 11) is 2.99. The lowest BCUT2D eigenvalue weighted by Gasteiger charge is -2.18. The number of primary amides is 1. The van der Waals surface area contributed by atoms with Gasteiger partial charge in [0, 0.05) is 12.1 Å². The summed E-state index contributed by atoms with van der Waals surface area (Å²) in [5.74, 6) is 0.626. The smallest absolute Gasteiger partial charge is 0.271 e. The number of rotatable bonds is 8. The van der Waals surface area contributed by atoms with E-state index in [0.29, 0.717) is 34.0 Å². The van der Waals surface area contributed by atoms with Crippen molar-refractivity contribution in [2.24, 2.45) is 5.73 Å². The van der Waals surface area contributed by atoms with Crippen molar-refractivity contribution in [2.75, 3.05) is 32.8 Å². The van der Waals surface area contributed by atoms with Crippen LogP contribution in [0.1, 0.15) is 10.5 Å². The molecule has 0 aliphatic heterocycles. The summed E-state index contributed by atoms with van der Waals surface area (Å²) >= 11 is 0. The maximum Gasteiger partial charge on any atom is 0.271 e. The Bertz CT molecular complexity index is 1010. The van der Waals surface area contributed by atoms with Crippen molar-refractivity contribution in [1.82, 2.24) is 9.97 Å². The lowest BCUT2D eigenvalue weighted by Crippen LogP contribution is -2.17. The van der Waals surface area contributed by atoms with E-state index in [1.54, 1.807) is 30.3 Å². The van der Waals surface area contributed by atoms with Gasteiger partial charge in [0.15, 0.2) is 23.0 Å². The number of aliphatic hydroxyl groups is 1. The molecule has 28 heavy (non-hydrogen) atoms. The molecule has 0 saturated heterocycles. The number of carbonyl (C=O) groups excluding carboxylic acids is 1. The molecule has 1 heterocycles. The first-order valence-corrected chi connectivity index (χ1v) is 8.40. The van der Waals surface area contributed by atoms with Crippen LogP contribution < -0.4 is 25.3 Å². The molecule has 0 saturated carbocycles. The number of fused-ring (bicyclic) bond motifs is 1. The number of nitrogens with one attached hydrogen (secondary N) is 1. The number of amides is 1. The number of ether oxygens (including phenoxy) is 3. The largest absolute Gasteiger partial charge is 0.497 e.